The first-order chi connectivity index (χ1) is 14.6. The third kappa shape index (κ3) is 6.89. The van der Waals surface area contributed by atoms with Crippen molar-refractivity contribution in [2.75, 3.05) is 57.8 Å². The number of piperazine rings is 1. The molecule has 1 amide bonds. The summed E-state index contributed by atoms with van der Waals surface area (Å²) < 4.78 is 5.52. The minimum atomic E-state index is 0. The summed E-state index contributed by atoms with van der Waals surface area (Å²) in [4.78, 5) is 24.1. The number of nitrogens with one attached hydrogen (secondary N) is 1. The Morgan fingerprint density at radius 3 is 2.58 bits per heavy atom. The standard InChI is InChI=1S/C23H37N5O2.HI/c1-4-24-23(25-13-12-22(29)28-14-8-7-9-19(28)2)27-17-15-26(16-18-27)20-10-5-6-11-21(20)30-3;/h5-6,10-11,19H,4,7-9,12-18H2,1-3H3,(H,24,25);1H. The second kappa shape index (κ2) is 13.0. The zero-order chi connectivity index (χ0) is 21.3. The Labute approximate surface area is 204 Å². The molecule has 1 N–H and O–H groups in total. The summed E-state index contributed by atoms with van der Waals surface area (Å²) in [5, 5.41) is 3.40. The number of anilines is 1. The van der Waals surface area contributed by atoms with Gasteiger partial charge in [-0.15, -0.1) is 24.0 Å². The van der Waals surface area contributed by atoms with Crippen molar-refractivity contribution in [1.82, 2.24) is 15.1 Å². The van der Waals surface area contributed by atoms with Gasteiger partial charge in [-0.3, -0.25) is 9.79 Å². The van der Waals surface area contributed by atoms with Crippen molar-refractivity contribution in [3.63, 3.8) is 0 Å². The second-order valence-corrected chi connectivity index (χ2v) is 8.06. The molecule has 2 aliphatic rings. The normalized spacial score (nSPS) is 19.6. The molecule has 31 heavy (non-hydrogen) atoms. The molecule has 2 saturated heterocycles. The smallest absolute Gasteiger partial charge is 0.224 e. The average molecular weight is 543 g/mol. The maximum absolute atomic E-state index is 12.6. The van der Waals surface area contributed by atoms with E-state index >= 15 is 0 Å². The molecule has 2 heterocycles. The lowest BCUT2D eigenvalue weighted by Gasteiger charge is -2.38. The fraction of sp³-hybridized carbons (Fsp3) is 0.652. The van der Waals surface area contributed by atoms with E-state index in [-0.39, 0.29) is 29.9 Å². The van der Waals surface area contributed by atoms with E-state index in [1.54, 1.807) is 7.11 Å². The minimum Gasteiger partial charge on any atom is -0.495 e. The van der Waals surface area contributed by atoms with Crippen molar-refractivity contribution in [2.45, 2.75) is 45.6 Å². The highest BCUT2D eigenvalue weighted by atomic mass is 127. The van der Waals surface area contributed by atoms with Crippen LogP contribution >= 0.6 is 24.0 Å². The summed E-state index contributed by atoms with van der Waals surface area (Å²) in [6.45, 7) is 10.1. The van der Waals surface area contributed by atoms with Crippen molar-refractivity contribution >= 4 is 41.5 Å². The zero-order valence-electron chi connectivity index (χ0n) is 19.2. The van der Waals surface area contributed by atoms with Crippen LogP contribution in [0.4, 0.5) is 5.69 Å². The van der Waals surface area contributed by atoms with E-state index in [0.29, 0.717) is 19.0 Å². The van der Waals surface area contributed by atoms with E-state index in [4.69, 9.17) is 9.73 Å². The number of likely N-dealkylation sites (tertiary alicyclic amines) is 1. The van der Waals surface area contributed by atoms with Crippen LogP contribution in [0.15, 0.2) is 29.3 Å². The summed E-state index contributed by atoms with van der Waals surface area (Å²) in [5.41, 5.74) is 1.14. The number of amides is 1. The van der Waals surface area contributed by atoms with Crippen LogP contribution in [-0.2, 0) is 4.79 Å². The number of carbonyl (C=O) groups is 1. The Kier molecular flexibility index (Phi) is 10.7. The van der Waals surface area contributed by atoms with Gasteiger partial charge in [0, 0.05) is 51.7 Å². The van der Waals surface area contributed by atoms with Crippen LogP contribution in [0.1, 0.15) is 39.5 Å². The first-order valence-corrected chi connectivity index (χ1v) is 11.3. The fourth-order valence-electron chi connectivity index (χ4n) is 4.35. The molecule has 0 radical (unpaired) electrons. The van der Waals surface area contributed by atoms with E-state index < -0.39 is 0 Å². The van der Waals surface area contributed by atoms with Crippen molar-refractivity contribution < 1.29 is 9.53 Å². The number of aliphatic imine (C=N–C) groups is 1. The summed E-state index contributed by atoms with van der Waals surface area (Å²) in [5.74, 6) is 2.07. The number of carbonyl (C=O) groups excluding carboxylic acids is 1. The lowest BCUT2D eigenvalue weighted by molar-refractivity contribution is -0.134. The number of guanidine groups is 1. The molecule has 0 spiro atoms. The topological polar surface area (TPSA) is 60.4 Å². The van der Waals surface area contributed by atoms with E-state index in [1.807, 2.05) is 17.0 Å². The summed E-state index contributed by atoms with van der Waals surface area (Å²) in [7, 11) is 1.72. The Balaban J connectivity index is 0.00000341. The minimum absolute atomic E-state index is 0. The number of hydrogen-bond acceptors (Lipinski definition) is 4. The van der Waals surface area contributed by atoms with Crippen molar-refractivity contribution in [1.29, 1.82) is 0 Å². The van der Waals surface area contributed by atoms with E-state index in [0.717, 1.165) is 69.5 Å². The monoisotopic (exact) mass is 543 g/mol. The van der Waals surface area contributed by atoms with Gasteiger partial charge in [-0.2, -0.15) is 0 Å². The predicted octanol–water partition coefficient (Wildman–Crippen LogP) is 3.19. The van der Waals surface area contributed by atoms with Gasteiger partial charge in [0.05, 0.1) is 19.3 Å². The van der Waals surface area contributed by atoms with Crippen LogP contribution in [0.3, 0.4) is 0 Å². The van der Waals surface area contributed by atoms with Gasteiger partial charge in [-0.1, -0.05) is 12.1 Å². The number of nitrogens with zero attached hydrogens (tertiary/aromatic N) is 4. The maximum atomic E-state index is 12.6. The first kappa shape index (κ1) is 25.5. The lowest BCUT2D eigenvalue weighted by Crippen LogP contribution is -2.52. The Hall–Kier alpha value is -1.71. The van der Waals surface area contributed by atoms with Gasteiger partial charge in [0.15, 0.2) is 5.96 Å². The highest BCUT2D eigenvalue weighted by Gasteiger charge is 2.24. The number of rotatable bonds is 6. The van der Waals surface area contributed by atoms with Crippen LogP contribution in [0.25, 0.3) is 0 Å². The van der Waals surface area contributed by atoms with Crippen LogP contribution in [0.2, 0.25) is 0 Å². The Bertz CT molecular complexity index is 722. The predicted molar refractivity (Wildman–Crippen MR) is 138 cm³/mol. The first-order valence-electron chi connectivity index (χ1n) is 11.3. The quantitative estimate of drug-likeness (QED) is 0.340. The molecule has 0 aromatic heterocycles. The zero-order valence-corrected chi connectivity index (χ0v) is 21.5. The molecule has 2 aliphatic heterocycles. The van der Waals surface area contributed by atoms with Gasteiger partial charge in [0.1, 0.15) is 5.75 Å². The number of ether oxygens (including phenoxy) is 1. The van der Waals surface area contributed by atoms with Gasteiger partial charge >= 0.3 is 0 Å². The molecule has 0 bridgehead atoms. The maximum Gasteiger partial charge on any atom is 0.224 e. The van der Waals surface area contributed by atoms with Crippen LogP contribution in [0.5, 0.6) is 5.75 Å². The average Bonchev–Trinajstić information content (AvgIpc) is 2.79. The summed E-state index contributed by atoms with van der Waals surface area (Å²) in [6, 6.07) is 8.54. The lowest BCUT2D eigenvalue weighted by atomic mass is 10.0. The second-order valence-electron chi connectivity index (χ2n) is 8.06. The van der Waals surface area contributed by atoms with Crippen molar-refractivity contribution in [3.05, 3.63) is 24.3 Å². The molecule has 1 atom stereocenters. The largest absolute Gasteiger partial charge is 0.495 e. The van der Waals surface area contributed by atoms with Gasteiger partial charge in [0.2, 0.25) is 5.91 Å². The van der Waals surface area contributed by atoms with Gasteiger partial charge in [-0.25, -0.2) is 0 Å². The summed E-state index contributed by atoms with van der Waals surface area (Å²) >= 11 is 0. The van der Waals surface area contributed by atoms with E-state index in [1.165, 1.54) is 6.42 Å². The molecular weight excluding hydrogens is 505 g/mol. The highest BCUT2D eigenvalue weighted by molar-refractivity contribution is 14.0. The molecule has 1 aromatic carbocycles. The molecule has 1 aromatic rings. The molecule has 1 unspecified atom stereocenters. The van der Waals surface area contributed by atoms with Crippen LogP contribution in [0, 0.1) is 0 Å². The number of piperidine rings is 1. The molecular formula is C23H38IN5O2. The molecule has 0 aliphatic carbocycles. The number of para-hydroxylation sites is 2. The van der Waals surface area contributed by atoms with E-state index in [2.05, 4.69) is 41.1 Å². The molecule has 3 rings (SSSR count). The molecule has 7 nitrogen and oxygen atoms in total. The Morgan fingerprint density at radius 2 is 1.90 bits per heavy atom. The van der Waals surface area contributed by atoms with Crippen molar-refractivity contribution in [3.8, 4) is 5.75 Å². The SMILES string of the molecule is CCNC(=NCCC(=O)N1CCCCC1C)N1CCN(c2ccccc2OC)CC1.I. The number of halogens is 1. The third-order valence-corrected chi connectivity index (χ3v) is 6.05. The fourth-order valence-corrected chi connectivity index (χ4v) is 4.35. The van der Waals surface area contributed by atoms with Crippen molar-refractivity contribution in [2.24, 2.45) is 4.99 Å². The molecule has 8 heteroatoms. The number of hydrogen-bond donors (Lipinski definition) is 1. The van der Waals surface area contributed by atoms with Gasteiger partial charge in [0.25, 0.3) is 0 Å². The van der Waals surface area contributed by atoms with Crippen LogP contribution in [-0.4, -0.2) is 80.6 Å². The summed E-state index contributed by atoms with van der Waals surface area (Å²) in [6.07, 6.45) is 3.96. The Morgan fingerprint density at radius 1 is 1.16 bits per heavy atom. The third-order valence-electron chi connectivity index (χ3n) is 6.05. The van der Waals surface area contributed by atoms with Crippen LogP contribution < -0.4 is 15.0 Å². The number of methoxy groups -OCH3 is 1. The molecule has 174 valence electrons. The highest BCUT2D eigenvalue weighted by Crippen LogP contribution is 2.28. The number of benzene rings is 1. The molecule has 2 fully saturated rings. The van der Waals surface area contributed by atoms with E-state index in [9.17, 15) is 4.79 Å². The van der Waals surface area contributed by atoms with Gasteiger partial charge in [-0.05, 0) is 45.2 Å². The van der Waals surface area contributed by atoms with Gasteiger partial charge < -0.3 is 24.8 Å². The molecule has 0 saturated carbocycles.